The van der Waals surface area contributed by atoms with Gasteiger partial charge in [-0.15, -0.1) is 0 Å². The maximum atomic E-state index is 11.6. The lowest BCUT2D eigenvalue weighted by Gasteiger charge is -2.31. The first-order valence-electron chi connectivity index (χ1n) is 4.29. The van der Waals surface area contributed by atoms with Gasteiger partial charge in [-0.1, -0.05) is 0 Å². The van der Waals surface area contributed by atoms with Crippen LogP contribution in [0.3, 0.4) is 0 Å². The van der Waals surface area contributed by atoms with Gasteiger partial charge >= 0.3 is 0 Å². The molecule has 1 aromatic rings. The van der Waals surface area contributed by atoms with Crippen LogP contribution in [0.4, 0.5) is 5.69 Å². The van der Waals surface area contributed by atoms with Crippen molar-refractivity contribution in [3.63, 3.8) is 0 Å². The number of hydrogen-bond acceptors (Lipinski definition) is 2. The van der Waals surface area contributed by atoms with Gasteiger partial charge in [0.05, 0.1) is 5.69 Å². The molecule has 0 bridgehead atoms. The van der Waals surface area contributed by atoms with Crippen LogP contribution in [0.25, 0.3) is 0 Å². The fourth-order valence-corrected chi connectivity index (χ4v) is 1.77. The zero-order valence-electron chi connectivity index (χ0n) is 7.93. The van der Waals surface area contributed by atoms with Crippen molar-refractivity contribution in [1.82, 2.24) is 0 Å². The number of amides is 1. The van der Waals surface area contributed by atoms with Gasteiger partial charge < -0.3 is 10.1 Å². The van der Waals surface area contributed by atoms with Gasteiger partial charge in [0, 0.05) is 3.57 Å². The Hall–Kier alpha value is -0.780. The molecule has 0 aromatic heterocycles. The summed E-state index contributed by atoms with van der Waals surface area (Å²) in [7, 11) is 0. The molecule has 2 rings (SSSR count). The lowest BCUT2D eigenvalue weighted by molar-refractivity contribution is -0.129. The largest absolute Gasteiger partial charge is 0.476 e. The molecular weight excluding hydrogens is 293 g/mol. The summed E-state index contributed by atoms with van der Waals surface area (Å²) in [6, 6.07) is 5.72. The van der Waals surface area contributed by atoms with E-state index in [9.17, 15) is 4.79 Å². The summed E-state index contributed by atoms with van der Waals surface area (Å²) < 4.78 is 6.65. The van der Waals surface area contributed by atoms with E-state index in [-0.39, 0.29) is 5.91 Å². The molecule has 0 unspecified atom stereocenters. The van der Waals surface area contributed by atoms with E-state index in [0.29, 0.717) is 0 Å². The summed E-state index contributed by atoms with van der Waals surface area (Å²) in [5.74, 6) is 0.627. The molecule has 0 atom stereocenters. The average Bonchev–Trinajstić information content (AvgIpc) is 2.08. The molecule has 0 spiro atoms. The minimum Gasteiger partial charge on any atom is -0.476 e. The fourth-order valence-electron chi connectivity index (χ4n) is 1.28. The van der Waals surface area contributed by atoms with Crippen molar-refractivity contribution in [2.24, 2.45) is 0 Å². The summed E-state index contributed by atoms with van der Waals surface area (Å²) in [5.41, 5.74) is -0.0269. The fraction of sp³-hybridized carbons (Fsp3) is 0.300. The number of carbonyl (C=O) groups is 1. The number of carbonyl (C=O) groups excluding carboxylic acids is 1. The van der Waals surface area contributed by atoms with Crippen LogP contribution in [0.2, 0.25) is 0 Å². The topological polar surface area (TPSA) is 38.3 Å². The van der Waals surface area contributed by atoms with Gasteiger partial charge in [0.15, 0.2) is 5.60 Å². The predicted octanol–water partition coefficient (Wildman–Crippen LogP) is 2.40. The number of fused-ring (bicyclic) bond motifs is 1. The predicted molar refractivity (Wildman–Crippen MR) is 62.5 cm³/mol. The van der Waals surface area contributed by atoms with Crippen LogP contribution >= 0.6 is 22.6 Å². The van der Waals surface area contributed by atoms with E-state index in [0.717, 1.165) is 15.0 Å². The second-order valence-corrected chi connectivity index (χ2v) is 4.95. The van der Waals surface area contributed by atoms with Gasteiger partial charge in [-0.05, 0) is 54.6 Å². The molecular formula is C10H10INO2. The van der Waals surface area contributed by atoms with Gasteiger partial charge in [0.2, 0.25) is 0 Å². The van der Waals surface area contributed by atoms with Gasteiger partial charge in [0.25, 0.3) is 5.91 Å². The normalized spacial score (nSPS) is 18.1. The van der Waals surface area contributed by atoms with Gasteiger partial charge in [0.1, 0.15) is 5.75 Å². The molecule has 74 valence electrons. The first-order valence-corrected chi connectivity index (χ1v) is 5.37. The Morgan fingerprint density at radius 2 is 2.14 bits per heavy atom. The molecule has 0 radical (unpaired) electrons. The molecule has 0 aliphatic carbocycles. The van der Waals surface area contributed by atoms with Crippen LogP contribution in [0, 0.1) is 3.57 Å². The molecule has 1 aliphatic rings. The Morgan fingerprint density at radius 3 is 2.86 bits per heavy atom. The average molecular weight is 303 g/mol. The molecule has 3 nitrogen and oxygen atoms in total. The third kappa shape index (κ3) is 1.58. The summed E-state index contributed by atoms with van der Waals surface area (Å²) in [6.07, 6.45) is 0. The van der Waals surface area contributed by atoms with Crippen molar-refractivity contribution in [2.45, 2.75) is 19.4 Å². The van der Waals surface area contributed by atoms with E-state index in [2.05, 4.69) is 27.9 Å². The van der Waals surface area contributed by atoms with E-state index in [4.69, 9.17) is 4.74 Å². The zero-order valence-corrected chi connectivity index (χ0v) is 10.1. The van der Waals surface area contributed by atoms with E-state index in [1.54, 1.807) is 13.8 Å². The molecule has 1 amide bonds. The van der Waals surface area contributed by atoms with Crippen molar-refractivity contribution in [2.75, 3.05) is 5.32 Å². The van der Waals surface area contributed by atoms with Crippen molar-refractivity contribution in [3.8, 4) is 5.75 Å². The highest BCUT2D eigenvalue weighted by Gasteiger charge is 2.35. The number of hydrogen-bond donors (Lipinski definition) is 1. The monoisotopic (exact) mass is 303 g/mol. The minimum absolute atomic E-state index is 0.105. The van der Waals surface area contributed by atoms with Gasteiger partial charge in [-0.2, -0.15) is 0 Å². The van der Waals surface area contributed by atoms with E-state index in [1.165, 1.54) is 0 Å². The Morgan fingerprint density at radius 1 is 1.43 bits per heavy atom. The van der Waals surface area contributed by atoms with Crippen molar-refractivity contribution in [3.05, 3.63) is 21.8 Å². The summed E-state index contributed by atoms with van der Waals surface area (Å²) in [6.45, 7) is 3.51. The van der Waals surface area contributed by atoms with Crippen LogP contribution in [0.1, 0.15) is 13.8 Å². The second-order valence-electron chi connectivity index (χ2n) is 3.71. The Labute approximate surface area is 96.0 Å². The smallest absolute Gasteiger partial charge is 0.268 e. The van der Waals surface area contributed by atoms with Crippen LogP contribution in [-0.4, -0.2) is 11.5 Å². The molecule has 0 saturated carbocycles. The summed E-state index contributed by atoms with van der Waals surface area (Å²) in [5, 5.41) is 2.82. The molecule has 1 aromatic carbocycles. The standard InChI is InChI=1S/C10H10INO2/c1-10(2)9(13)12-7-5-6(11)3-4-8(7)14-10/h3-5H,1-2H3,(H,12,13). The number of halogens is 1. The lowest BCUT2D eigenvalue weighted by atomic mass is 10.1. The maximum absolute atomic E-state index is 11.6. The Kier molecular flexibility index (Phi) is 2.17. The highest BCUT2D eigenvalue weighted by Crippen LogP contribution is 2.34. The quantitative estimate of drug-likeness (QED) is 0.747. The number of ether oxygens (including phenoxy) is 1. The number of nitrogens with one attached hydrogen (secondary N) is 1. The minimum atomic E-state index is -0.778. The van der Waals surface area contributed by atoms with Crippen molar-refractivity contribution >= 4 is 34.2 Å². The molecule has 0 saturated heterocycles. The van der Waals surface area contributed by atoms with E-state index < -0.39 is 5.60 Å². The number of rotatable bonds is 0. The van der Waals surface area contributed by atoms with Crippen LogP contribution in [-0.2, 0) is 4.79 Å². The second kappa shape index (κ2) is 3.12. The maximum Gasteiger partial charge on any atom is 0.268 e. The molecule has 14 heavy (non-hydrogen) atoms. The first-order chi connectivity index (χ1) is 6.49. The van der Waals surface area contributed by atoms with Crippen molar-refractivity contribution < 1.29 is 9.53 Å². The number of anilines is 1. The zero-order chi connectivity index (χ0) is 10.3. The first kappa shape index (κ1) is 9.76. The molecule has 1 heterocycles. The Bertz CT molecular complexity index is 401. The van der Waals surface area contributed by atoms with Crippen molar-refractivity contribution in [1.29, 1.82) is 0 Å². The number of benzene rings is 1. The summed E-state index contributed by atoms with van der Waals surface area (Å²) in [4.78, 5) is 11.6. The molecule has 4 heteroatoms. The van der Waals surface area contributed by atoms with Crippen LogP contribution < -0.4 is 10.1 Å². The highest BCUT2D eigenvalue weighted by atomic mass is 127. The summed E-state index contributed by atoms with van der Waals surface area (Å²) >= 11 is 2.19. The molecule has 0 fully saturated rings. The highest BCUT2D eigenvalue weighted by molar-refractivity contribution is 14.1. The third-order valence-electron chi connectivity index (χ3n) is 2.10. The van der Waals surface area contributed by atoms with E-state index >= 15 is 0 Å². The molecule has 1 aliphatic heterocycles. The van der Waals surface area contributed by atoms with Gasteiger partial charge in [-0.3, -0.25) is 4.79 Å². The van der Waals surface area contributed by atoms with Crippen LogP contribution in [0.5, 0.6) is 5.75 Å². The Balaban J connectivity index is 2.46. The van der Waals surface area contributed by atoms with Gasteiger partial charge in [-0.25, -0.2) is 0 Å². The van der Waals surface area contributed by atoms with Crippen LogP contribution in [0.15, 0.2) is 18.2 Å². The molecule has 1 N–H and O–H groups in total. The SMILES string of the molecule is CC1(C)Oc2ccc(I)cc2NC1=O. The van der Waals surface area contributed by atoms with E-state index in [1.807, 2.05) is 18.2 Å². The lowest BCUT2D eigenvalue weighted by Crippen LogP contribution is -2.45. The third-order valence-corrected chi connectivity index (χ3v) is 2.77.